The molecule has 0 bridgehead atoms. The summed E-state index contributed by atoms with van der Waals surface area (Å²) in [5.74, 6) is -1.50. The van der Waals surface area contributed by atoms with Crippen LogP contribution in [-0.4, -0.2) is 44.3 Å². The van der Waals surface area contributed by atoms with Gasteiger partial charge in [0.2, 0.25) is 11.8 Å². The van der Waals surface area contributed by atoms with Crippen molar-refractivity contribution < 1.29 is 22.4 Å². The van der Waals surface area contributed by atoms with E-state index in [1.807, 2.05) is 44.2 Å². The quantitative estimate of drug-likeness (QED) is 0.193. The Kier molecular flexibility index (Phi) is 11.1. The number of hydrogen-bond acceptors (Lipinski definition) is 4. The van der Waals surface area contributed by atoms with Crippen molar-refractivity contribution in [3.63, 3.8) is 0 Å². The largest absolute Gasteiger partial charge is 0.354 e. The lowest BCUT2D eigenvalue weighted by atomic mass is 10.0. The molecular weight excluding hydrogens is 601 g/mol. The van der Waals surface area contributed by atoms with E-state index < -0.39 is 40.2 Å². The molecule has 1 atom stereocenters. The minimum Gasteiger partial charge on any atom is -0.354 e. The normalized spacial score (nSPS) is 12.0. The number of halogens is 2. The van der Waals surface area contributed by atoms with Crippen LogP contribution in [0.25, 0.3) is 0 Å². The van der Waals surface area contributed by atoms with Gasteiger partial charge in [-0.1, -0.05) is 92.2 Å². The monoisotopic (exact) mass is 635 g/mol. The third-order valence-electron chi connectivity index (χ3n) is 6.98. The minimum absolute atomic E-state index is 0.0149. The second-order valence-corrected chi connectivity index (χ2v) is 13.1. The predicted octanol–water partition coefficient (Wildman–Crippen LogP) is 6.09. The number of benzene rings is 4. The fourth-order valence-electron chi connectivity index (χ4n) is 4.64. The summed E-state index contributed by atoms with van der Waals surface area (Å²) in [6.45, 7) is 3.37. The van der Waals surface area contributed by atoms with Crippen molar-refractivity contribution in [2.24, 2.45) is 5.92 Å². The zero-order valence-electron chi connectivity index (χ0n) is 24.6. The van der Waals surface area contributed by atoms with E-state index in [1.165, 1.54) is 53.4 Å². The Bertz CT molecular complexity index is 1650. The first-order chi connectivity index (χ1) is 21.1. The number of rotatable bonds is 13. The molecule has 0 spiro atoms. The lowest BCUT2D eigenvalue weighted by Gasteiger charge is -2.34. The molecule has 0 aliphatic heterocycles. The fourth-order valence-corrected chi connectivity index (χ4v) is 6.20. The first kappa shape index (κ1) is 32.7. The molecule has 230 valence electrons. The lowest BCUT2D eigenvalue weighted by molar-refractivity contribution is -0.140. The van der Waals surface area contributed by atoms with Crippen molar-refractivity contribution in [2.75, 3.05) is 17.4 Å². The highest BCUT2D eigenvalue weighted by molar-refractivity contribution is 7.92. The van der Waals surface area contributed by atoms with Gasteiger partial charge in [0.1, 0.15) is 18.4 Å². The molecule has 0 aliphatic carbocycles. The van der Waals surface area contributed by atoms with Crippen LogP contribution in [0.15, 0.2) is 114 Å². The summed E-state index contributed by atoms with van der Waals surface area (Å²) >= 11 is 6.09. The van der Waals surface area contributed by atoms with Gasteiger partial charge >= 0.3 is 0 Å². The molecule has 4 rings (SSSR count). The van der Waals surface area contributed by atoms with E-state index in [9.17, 15) is 22.4 Å². The second-order valence-electron chi connectivity index (χ2n) is 10.8. The van der Waals surface area contributed by atoms with Gasteiger partial charge in [-0.2, -0.15) is 0 Å². The summed E-state index contributed by atoms with van der Waals surface area (Å²) in [6.07, 6.45) is 0.136. The van der Waals surface area contributed by atoms with Crippen LogP contribution in [0.3, 0.4) is 0 Å². The number of anilines is 1. The summed E-state index contributed by atoms with van der Waals surface area (Å²) in [5, 5.41) is 3.30. The maximum absolute atomic E-state index is 15.0. The van der Waals surface area contributed by atoms with Gasteiger partial charge < -0.3 is 10.2 Å². The van der Waals surface area contributed by atoms with E-state index in [2.05, 4.69) is 5.32 Å². The fraction of sp³-hybridized carbons (Fsp3) is 0.235. The van der Waals surface area contributed by atoms with E-state index in [0.29, 0.717) is 11.6 Å². The average molecular weight is 636 g/mol. The molecule has 1 unspecified atom stereocenters. The van der Waals surface area contributed by atoms with Crippen LogP contribution in [0.2, 0.25) is 5.02 Å². The highest BCUT2D eigenvalue weighted by Crippen LogP contribution is 2.26. The Balaban J connectivity index is 1.79. The smallest absolute Gasteiger partial charge is 0.264 e. The number of hydrogen-bond donors (Lipinski definition) is 1. The zero-order valence-corrected chi connectivity index (χ0v) is 26.1. The van der Waals surface area contributed by atoms with Crippen molar-refractivity contribution in [1.29, 1.82) is 0 Å². The molecule has 0 heterocycles. The highest BCUT2D eigenvalue weighted by atomic mass is 35.5. The van der Waals surface area contributed by atoms with Crippen LogP contribution in [-0.2, 0) is 32.6 Å². The molecule has 4 aromatic rings. The molecule has 0 aliphatic rings. The molecule has 0 aromatic heterocycles. The summed E-state index contributed by atoms with van der Waals surface area (Å²) in [4.78, 5) is 29.3. The van der Waals surface area contributed by atoms with Crippen molar-refractivity contribution in [3.8, 4) is 0 Å². The number of sulfonamides is 1. The average Bonchev–Trinajstić information content (AvgIpc) is 3.02. The maximum Gasteiger partial charge on any atom is 0.264 e. The molecule has 0 fully saturated rings. The highest BCUT2D eigenvalue weighted by Gasteiger charge is 2.35. The second kappa shape index (κ2) is 15.0. The molecule has 0 radical (unpaired) electrons. The van der Waals surface area contributed by atoms with E-state index in [-0.39, 0.29) is 35.0 Å². The molecule has 0 saturated carbocycles. The van der Waals surface area contributed by atoms with E-state index in [4.69, 9.17) is 11.6 Å². The van der Waals surface area contributed by atoms with Crippen molar-refractivity contribution >= 4 is 39.1 Å². The molecule has 44 heavy (non-hydrogen) atoms. The van der Waals surface area contributed by atoms with E-state index in [1.54, 1.807) is 30.3 Å². The Morgan fingerprint density at radius 2 is 1.43 bits per heavy atom. The first-order valence-electron chi connectivity index (χ1n) is 14.2. The van der Waals surface area contributed by atoms with Crippen LogP contribution in [0.5, 0.6) is 0 Å². The Labute approximate surface area is 263 Å². The van der Waals surface area contributed by atoms with Gasteiger partial charge in [0, 0.05) is 30.1 Å². The maximum atomic E-state index is 15.0. The van der Waals surface area contributed by atoms with Crippen LogP contribution >= 0.6 is 11.6 Å². The molecular formula is C34H35ClFN3O4S. The topological polar surface area (TPSA) is 86.8 Å². The van der Waals surface area contributed by atoms with Crippen LogP contribution in [0.4, 0.5) is 10.1 Å². The van der Waals surface area contributed by atoms with Gasteiger partial charge in [-0.15, -0.1) is 0 Å². The molecule has 2 amide bonds. The molecule has 4 aromatic carbocycles. The summed E-state index contributed by atoms with van der Waals surface area (Å²) < 4.78 is 43.9. The van der Waals surface area contributed by atoms with Gasteiger partial charge in [-0.3, -0.25) is 13.9 Å². The summed E-state index contributed by atoms with van der Waals surface area (Å²) in [7, 11) is -4.23. The van der Waals surface area contributed by atoms with Crippen LogP contribution in [0, 0.1) is 11.7 Å². The Morgan fingerprint density at radius 1 is 0.841 bits per heavy atom. The van der Waals surface area contributed by atoms with Gasteiger partial charge in [0.15, 0.2) is 0 Å². The minimum atomic E-state index is -4.23. The van der Waals surface area contributed by atoms with Gasteiger partial charge in [-0.05, 0) is 53.9 Å². The van der Waals surface area contributed by atoms with Crippen molar-refractivity contribution in [3.05, 3.63) is 131 Å². The molecule has 0 saturated heterocycles. The number of carbonyl (C=O) groups is 2. The zero-order chi connectivity index (χ0) is 31.7. The van der Waals surface area contributed by atoms with Crippen LogP contribution in [0.1, 0.15) is 25.0 Å². The van der Waals surface area contributed by atoms with Crippen molar-refractivity contribution in [2.45, 2.75) is 37.8 Å². The number of carbonyl (C=O) groups excluding carboxylic acids is 2. The van der Waals surface area contributed by atoms with Crippen LogP contribution < -0.4 is 9.62 Å². The standard InChI is InChI=1S/C34H35ClFN3O4S/c1-25(2)22-37-34(41)32(21-26-11-5-3-6-12-26)38(23-27-13-9-10-16-31(27)36)33(40)24-39(29-19-17-28(35)18-20-29)44(42,43)30-14-7-4-8-15-30/h3-20,25,32H,21-24H2,1-2H3,(H,37,41). The Hall–Kier alpha value is -4.21. The number of nitrogens with one attached hydrogen (secondary N) is 1. The third-order valence-corrected chi connectivity index (χ3v) is 9.02. The van der Waals surface area contributed by atoms with Gasteiger partial charge in [0.25, 0.3) is 10.0 Å². The molecule has 7 nitrogen and oxygen atoms in total. The number of nitrogens with zero attached hydrogens (tertiary/aromatic N) is 2. The summed E-state index contributed by atoms with van der Waals surface area (Å²) in [6, 6.07) is 28.0. The SMILES string of the molecule is CC(C)CNC(=O)C(Cc1ccccc1)N(Cc1ccccc1F)C(=O)CN(c1ccc(Cl)cc1)S(=O)(=O)c1ccccc1. The number of amides is 2. The molecule has 1 N–H and O–H groups in total. The van der Waals surface area contributed by atoms with E-state index in [0.717, 1.165) is 9.87 Å². The Morgan fingerprint density at radius 3 is 2.05 bits per heavy atom. The third kappa shape index (κ3) is 8.45. The first-order valence-corrected chi connectivity index (χ1v) is 16.1. The lowest BCUT2D eigenvalue weighted by Crippen LogP contribution is -2.53. The van der Waals surface area contributed by atoms with Gasteiger partial charge in [-0.25, -0.2) is 12.8 Å². The molecule has 10 heteroatoms. The van der Waals surface area contributed by atoms with E-state index >= 15 is 0 Å². The van der Waals surface area contributed by atoms with Crippen molar-refractivity contribution in [1.82, 2.24) is 10.2 Å². The van der Waals surface area contributed by atoms with Gasteiger partial charge in [0.05, 0.1) is 10.6 Å². The summed E-state index contributed by atoms with van der Waals surface area (Å²) in [5.41, 5.74) is 1.19. The predicted molar refractivity (Wildman–Crippen MR) is 171 cm³/mol.